The van der Waals surface area contributed by atoms with Gasteiger partial charge in [0.25, 0.3) is 0 Å². The zero-order chi connectivity index (χ0) is 17.9. The normalized spacial score (nSPS) is 24.3. The monoisotopic (exact) mass is 358 g/mol. The van der Waals surface area contributed by atoms with Crippen molar-refractivity contribution >= 4 is 23.3 Å². The number of aromatic nitrogens is 1. The molecule has 1 aliphatic carbocycles. The van der Waals surface area contributed by atoms with Crippen molar-refractivity contribution in [1.29, 1.82) is 0 Å². The fraction of sp³-hybridized carbons (Fsp3) is 0.632. The minimum absolute atomic E-state index is 0.0835. The van der Waals surface area contributed by atoms with Crippen LogP contribution in [0, 0.1) is 5.92 Å². The molecule has 3 heterocycles. The van der Waals surface area contributed by atoms with Gasteiger partial charge < -0.3 is 19.9 Å². The summed E-state index contributed by atoms with van der Waals surface area (Å²) in [7, 11) is 0. The maximum atomic E-state index is 12.6. The molecular formula is C19H26N4O3. The number of amides is 2. The molecule has 1 saturated carbocycles. The van der Waals surface area contributed by atoms with Gasteiger partial charge in [-0.1, -0.05) is 12.8 Å². The molecule has 7 heteroatoms. The van der Waals surface area contributed by atoms with Crippen molar-refractivity contribution in [2.75, 3.05) is 43.1 Å². The van der Waals surface area contributed by atoms with Crippen LogP contribution < -0.4 is 10.2 Å². The van der Waals surface area contributed by atoms with Gasteiger partial charge in [0, 0.05) is 32.1 Å². The highest BCUT2D eigenvalue weighted by Crippen LogP contribution is 2.30. The van der Waals surface area contributed by atoms with E-state index in [1.54, 1.807) is 6.20 Å². The first kappa shape index (κ1) is 17.3. The predicted molar refractivity (Wildman–Crippen MR) is 98.0 cm³/mol. The van der Waals surface area contributed by atoms with Gasteiger partial charge in [0.05, 0.1) is 31.0 Å². The van der Waals surface area contributed by atoms with Crippen molar-refractivity contribution in [3.05, 3.63) is 18.3 Å². The number of hydrogen-bond acceptors (Lipinski definition) is 5. The van der Waals surface area contributed by atoms with Crippen LogP contribution in [0.5, 0.6) is 0 Å². The van der Waals surface area contributed by atoms with E-state index in [0.29, 0.717) is 37.9 Å². The molecule has 3 fully saturated rings. The molecule has 0 radical (unpaired) electrons. The second-order valence-corrected chi connectivity index (χ2v) is 7.38. The van der Waals surface area contributed by atoms with Crippen molar-refractivity contribution in [3.8, 4) is 0 Å². The third-order valence-corrected chi connectivity index (χ3v) is 5.65. The Hall–Kier alpha value is -2.15. The smallest absolute Gasteiger partial charge is 0.229 e. The number of ether oxygens (including phenoxy) is 1. The number of carbonyl (C=O) groups is 2. The number of carbonyl (C=O) groups excluding carboxylic acids is 2. The van der Waals surface area contributed by atoms with Crippen LogP contribution in [-0.4, -0.2) is 60.6 Å². The third kappa shape index (κ3) is 3.67. The van der Waals surface area contributed by atoms with Crippen molar-refractivity contribution in [2.45, 2.75) is 38.1 Å². The van der Waals surface area contributed by atoms with Gasteiger partial charge in [-0.3, -0.25) is 9.59 Å². The molecule has 2 amide bonds. The molecule has 0 bridgehead atoms. The van der Waals surface area contributed by atoms with Gasteiger partial charge >= 0.3 is 0 Å². The summed E-state index contributed by atoms with van der Waals surface area (Å²) in [5.74, 6) is 0.675. The standard InChI is InChI=1S/C19H26N4O3/c24-18-11-14(13-23(18)16-3-1-2-4-16)19(25)21-15-5-6-17(20-12-15)22-7-9-26-10-8-22/h5-6,12,14,16H,1-4,7-11,13H2,(H,21,25)/t14-/m0/s1. The van der Waals surface area contributed by atoms with E-state index in [2.05, 4.69) is 15.2 Å². The Labute approximate surface area is 153 Å². The van der Waals surface area contributed by atoms with E-state index in [9.17, 15) is 9.59 Å². The molecule has 1 atom stereocenters. The van der Waals surface area contributed by atoms with E-state index in [1.165, 1.54) is 12.8 Å². The minimum atomic E-state index is -0.262. The Balaban J connectivity index is 1.33. The summed E-state index contributed by atoms with van der Waals surface area (Å²) in [6.45, 7) is 3.65. The van der Waals surface area contributed by atoms with Crippen molar-refractivity contribution in [2.24, 2.45) is 5.92 Å². The number of rotatable bonds is 4. The lowest BCUT2D eigenvalue weighted by molar-refractivity contribution is -0.129. The predicted octanol–water partition coefficient (Wildman–Crippen LogP) is 1.65. The molecular weight excluding hydrogens is 332 g/mol. The molecule has 4 rings (SSSR count). The Morgan fingerprint density at radius 3 is 2.65 bits per heavy atom. The summed E-state index contributed by atoms with van der Waals surface area (Å²) < 4.78 is 5.35. The second kappa shape index (κ2) is 7.61. The lowest BCUT2D eigenvalue weighted by Gasteiger charge is -2.27. The van der Waals surface area contributed by atoms with E-state index < -0.39 is 0 Å². The largest absolute Gasteiger partial charge is 0.378 e. The van der Waals surface area contributed by atoms with Crippen LogP contribution in [-0.2, 0) is 14.3 Å². The lowest BCUT2D eigenvalue weighted by atomic mass is 10.1. The average molecular weight is 358 g/mol. The maximum Gasteiger partial charge on any atom is 0.229 e. The van der Waals surface area contributed by atoms with Crippen LogP contribution in [0.25, 0.3) is 0 Å². The van der Waals surface area contributed by atoms with Crippen LogP contribution in [0.3, 0.4) is 0 Å². The number of morpholine rings is 1. The summed E-state index contributed by atoms with van der Waals surface area (Å²) in [4.78, 5) is 33.4. The van der Waals surface area contributed by atoms with Gasteiger partial charge in [-0.2, -0.15) is 0 Å². The van der Waals surface area contributed by atoms with E-state index >= 15 is 0 Å². The molecule has 2 aliphatic heterocycles. The fourth-order valence-corrected chi connectivity index (χ4v) is 4.16. The number of nitrogens with one attached hydrogen (secondary N) is 1. The molecule has 3 aliphatic rings. The summed E-state index contributed by atoms with van der Waals surface area (Å²) in [5, 5.41) is 2.92. The van der Waals surface area contributed by atoms with Crippen molar-refractivity contribution in [1.82, 2.24) is 9.88 Å². The summed E-state index contributed by atoms with van der Waals surface area (Å²) in [6, 6.07) is 4.14. The Morgan fingerprint density at radius 2 is 1.96 bits per heavy atom. The maximum absolute atomic E-state index is 12.6. The highest BCUT2D eigenvalue weighted by Gasteiger charge is 2.38. The van der Waals surface area contributed by atoms with Crippen molar-refractivity contribution < 1.29 is 14.3 Å². The Kier molecular flexibility index (Phi) is 5.06. The molecule has 7 nitrogen and oxygen atoms in total. The Bertz CT molecular complexity index is 651. The summed E-state index contributed by atoms with van der Waals surface area (Å²) in [5.41, 5.74) is 0.679. The molecule has 0 aromatic carbocycles. The highest BCUT2D eigenvalue weighted by atomic mass is 16.5. The van der Waals surface area contributed by atoms with Gasteiger partial charge in [-0.25, -0.2) is 4.98 Å². The van der Waals surface area contributed by atoms with E-state index in [4.69, 9.17) is 4.74 Å². The first-order chi connectivity index (χ1) is 12.7. The van der Waals surface area contributed by atoms with Crippen LogP contribution >= 0.6 is 0 Å². The van der Waals surface area contributed by atoms with Gasteiger partial charge in [-0.05, 0) is 25.0 Å². The van der Waals surface area contributed by atoms with Crippen LogP contribution in [0.15, 0.2) is 18.3 Å². The number of anilines is 2. The molecule has 26 heavy (non-hydrogen) atoms. The van der Waals surface area contributed by atoms with Gasteiger partial charge in [0.1, 0.15) is 5.82 Å². The van der Waals surface area contributed by atoms with E-state index in [1.807, 2.05) is 17.0 Å². The summed E-state index contributed by atoms with van der Waals surface area (Å²) >= 11 is 0. The minimum Gasteiger partial charge on any atom is -0.378 e. The lowest BCUT2D eigenvalue weighted by Crippen LogP contribution is -2.36. The fourth-order valence-electron chi connectivity index (χ4n) is 4.16. The summed E-state index contributed by atoms with van der Waals surface area (Å²) in [6.07, 6.45) is 6.54. The molecule has 0 unspecified atom stereocenters. The molecule has 1 N–H and O–H groups in total. The van der Waals surface area contributed by atoms with E-state index in [-0.39, 0.29) is 17.7 Å². The second-order valence-electron chi connectivity index (χ2n) is 7.38. The first-order valence-corrected chi connectivity index (χ1v) is 9.60. The molecule has 2 saturated heterocycles. The molecule has 0 spiro atoms. The highest BCUT2D eigenvalue weighted by molar-refractivity contribution is 5.97. The number of nitrogens with zero attached hydrogens (tertiary/aromatic N) is 3. The number of hydrogen-bond donors (Lipinski definition) is 1. The van der Waals surface area contributed by atoms with Crippen LogP contribution in [0.2, 0.25) is 0 Å². The third-order valence-electron chi connectivity index (χ3n) is 5.65. The molecule has 140 valence electrons. The number of pyridine rings is 1. The van der Waals surface area contributed by atoms with E-state index in [0.717, 1.165) is 31.7 Å². The average Bonchev–Trinajstić information content (AvgIpc) is 3.32. The van der Waals surface area contributed by atoms with Crippen LogP contribution in [0.1, 0.15) is 32.1 Å². The van der Waals surface area contributed by atoms with Crippen LogP contribution in [0.4, 0.5) is 11.5 Å². The number of likely N-dealkylation sites (tertiary alicyclic amines) is 1. The van der Waals surface area contributed by atoms with Gasteiger partial charge in [0.15, 0.2) is 0 Å². The molecule has 1 aromatic rings. The zero-order valence-electron chi connectivity index (χ0n) is 15.0. The topological polar surface area (TPSA) is 74.8 Å². The van der Waals surface area contributed by atoms with Gasteiger partial charge in [0.2, 0.25) is 11.8 Å². The molecule has 1 aromatic heterocycles. The first-order valence-electron chi connectivity index (χ1n) is 9.60. The SMILES string of the molecule is O=C(Nc1ccc(N2CCOCC2)nc1)[C@H]1CC(=O)N(C2CCCC2)C1. The van der Waals surface area contributed by atoms with Crippen molar-refractivity contribution in [3.63, 3.8) is 0 Å². The Morgan fingerprint density at radius 1 is 1.19 bits per heavy atom. The van der Waals surface area contributed by atoms with Gasteiger partial charge in [-0.15, -0.1) is 0 Å². The zero-order valence-corrected chi connectivity index (χ0v) is 15.0. The quantitative estimate of drug-likeness (QED) is 0.886.